The third-order valence-corrected chi connectivity index (χ3v) is 4.03. The standard InChI is InChI=1S/C8H16N2O2S.ClH/c1-2-3-6-13(11,12)10-5-4-8(9)7-10;/h2,8H,1,3-7,9H2;1H. The second-order valence-corrected chi connectivity index (χ2v) is 5.39. The van der Waals surface area contributed by atoms with Gasteiger partial charge in [0.1, 0.15) is 0 Å². The lowest BCUT2D eigenvalue weighted by molar-refractivity contribution is 0.472. The molecule has 0 saturated carbocycles. The van der Waals surface area contributed by atoms with Gasteiger partial charge in [-0.25, -0.2) is 12.7 Å². The van der Waals surface area contributed by atoms with Crippen LogP contribution < -0.4 is 5.73 Å². The van der Waals surface area contributed by atoms with Crippen LogP contribution in [0.4, 0.5) is 0 Å². The summed E-state index contributed by atoms with van der Waals surface area (Å²) in [6.45, 7) is 4.54. The van der Waals surface area contributed by atoms with Crippen LogP contribution in [0.2, 0.25) is 0 Å². The zero-order chi connectivity index (χ0) is 9.90. The Morgan fingerprint density at radius 3 is 2.64 bits per heavy atom. The molecule has 1 rings (SSSR count). The lowest BCUT2D eigenvalue weighted by Crippen LogP contribution is -2.33. The van der Waals surface area contributed by atoms with Crippen LogP contribution in [0.5, 0.6) is 0 Å². The molecule has 1 atom stereocenters. The van der Waals surface area contributed by atoms with E-state index in [1.54, 1.807) is 6.08 Å². The molecule has 1 aliphatic rings. The summed E-state index contributed by atoms with van der Waals surface area (Å²) in [5.41, 5.74) is 5.62. The molecule has 0 spiro atoms. The largest absolute Gasteiger partial charge is 0.326 e. The van der Waals surface area contributed by atoms with Crippen LogP contribution in [0.3, 0.4) is 0 Å². The van der Waals surface area contributed by atoms with Crippen molar-refractivity contribution in [3.05, 3.63) is 12.7 Å². The molecule has 0 aromatic heterocycles. The van der Waals surface area contributed by atoms with E-state index in [0.29, 0.717) is 19.5 Å². The molecule has 6 heteroatoms. The number of sulfonamides is 1. The van der Waals surface area contributed by atoms with Gasteiger partial charge < -0.3 is 5.73 Å². The molecule has 1 aliphatic heterocycles. The first kappa shape index (κ1) is 13.9. The lowest BCUT2D eigenvalue weighted by atomic mass is 10.3. The third kappa shape index (κ3) is 3.57. The molecule has 0 aromatic carbocycles. The molecule has 84 valence electrons. The molecule has 1 heterocycles. The fraction of sp³-hybridized carbons (Fsp3) is 0.750. The van der Waals surface area contributed by atoms with E-state index >= 15 is 0 Å². The van der Waals surface area contributed by atoms with Gasteiger partial charge >= 0.3 is 0 Å². The molecule has 0 aromatic rings. The summed E-state index contributed by atoms with van der Waals surface area (Å²) in [7, 11) is -3.07. The molecular formula is C8H17ClN2O2S. The molecule has 1 saturated heterocycles. The van der Waals surface area contributed by atoms with Crippen molar-refractivity contribution in [2.24, 2.45) is 5.73 Å². The minimum atomic E-state index is -3.07. The smallest absolute Gasteiger partial charge is 0.214 e. The van der Waals surface area contributed by atoms with Crippen LogP contribution in [0.15, 0.2) is 12.7 Å². The van der Waals surface area contributed by atoms with Crippen molar-refractivity contribution < 1.29 is 8.42 Å². The zero-order valence-electron chi connectivity index (χ0n) is 8.05. The SMILES string of the molecule is C=CCCS(=O)(=O)N1CCC(N)C1.Cl. The van der Waals surface area contributed by atoms with Gasteiger partial charge in [0.25, 0.3) is 0 Å². The summed E-state index contributed by atoms with van der Waals surface area (Å²) in [5.74, 6) is 0.156. The van der Waals surface area contributed by atoms with Crippen molar-refractivity contribution in [2.45, 2.75) is 18.9 Å². The number of nitrogens with zero attached hydrogens (tertiary/aromatic N) is 1. The number of allylic oxidation sites excluding steroid dienone is 1. The Labute approximate surface area is 91.6 Å². The van der Waals surface area contributed by atoms with E-state index in [1.165, 1.54) is 4.31 Å². The first-order valence-electron chi connectivity index (χ1n) is 4.40. The quantitative estimate of drug-likeness (QED) is 0.722. The molecule has 1 unspecified atom stereocenters. The molecule has 1 fully saturated rings. The van der Waals surface area contributed by atoms with Crippen LogP contribution in [0, 0.1) is 0 Å². The van der Waals surface area contributed by atoms with Gasteiger partial charge in [-0.2, -0.15) is 0 Å². The number of nitrogens with two attached hydrogens (primary N) is 1. The van der Waals surface area contributed by atoms with Gasteiger partial charge in [-0.05, 0) is 12.8 Å². The van der Waals surface area contributed by atoms with Crippen LogP contribution in [-0.4, -0.2) is 37.6 Å². The van der Waals surface area contributed by atoms with Crippen LogP contribution in [0.1, 0.15) is 12.8 Å². The topological polar surface area (TPSA) is 63.4 Å². The Balaban J connectivity index is 0.00000169. The summed E-state index contributed by atoms with van der Waals surface area (Å²) in [6.07, 6.45) is 2.90. The predicted octanol–water partition coefficient (Wildman–Crippen LogP) is 0.347. The summed E-state index contributed by atoms with van der Waals surface area (Å²) in [5, 5.41) is 0. The highest BCUT2D eigenvalue weighted by molar-refractivity contribution is 7.89. The van der Waals surface area contributed by atoms with Gasteiger partial charge in [0.15, 0.2) is 0 Å². The number of hydrogen-bond acceptors (Lipinski definition) is 3. The van der Waals surface area contributed by atoms with Gasteiger partial charge in [-0.1, -0.05) is 6.08 Å². The van der Waals surface area contributed by atoms with E-state index in [0.717, 1.165) is 6.42 Å². The van der Waals surface area contributed by atoms with Gasteiger partial charge in [-0.3, -0.25) is 0 Å². The van der Waals surface area contributed by atoms with Gasteiger partial charge in [0, 0.05) is 19.1 Å². The minimum absolute atomic E-state index is 0. The van der Waals surface area contributed by atoms with Crippen LogP contribution in [0.25, 0.3) is 0 Å². The second kappa shape index (κ2) is 5.70. The van der Waals surface area contributed by atoms with Gasteiger partial charge in [0.05, 0.1) is 5.75 Å². The Morgan fingerprint density at radius 1 is 1.57 bits per heavy atom. The molecule has 4 nitrogen and oxygen atoms in total. The Morgan fingerprint density at radius 2 is 2.21 bits per heavy atom. The number of hydrogen-bond donors (Lipinski definition) is 1. The first-order chi connectivity index (χ1) is 6.06. The van der Waals surface area contributed by atoms with Gasteiger partial charge in [-0.15, -0.1) is 19.0 Å². The highest BCUT2D eigenvalue weighted by atomic mass is 35.5. The molecule has 0 aliphatic carbocycles. The summed E-state index contributed by atoms with van der Waals surface area (Å²) < 4.78 is 24.6. The first-order valence-corrected chi connectivity index (χ1v) is 6.01. The van der Waals surface area contributed by atoms with E-state index in [1.807, 2.05) is 0 Å². The van der Waals surface area contributed by atoms with E-state index in [-0.39, 0.29) is 24.2 Å². The Kier molecular flexibility index (Phi) is 5.66. The molecule has 0 amide bonds. The number of rotatable bonds is 4. The normalized spacial score (nSPS) is 23.1. The van der Waals surface area contributed by atoms with Crippen molar-refractivity contribution in [3.8, 4) is 0 Å². The van der Waals surface area contributed by atoms with Crippen LogP contribution >= 0.6 is 12.4 Å². The monoisotopic (exact) mass is 240 g/mol. The average molecular weight is 241 g/mol. The number of halogens is 1. The molecule has 0 bridgehead atoms. The highest BCUT2D eigenvalue weighted by Crippen LogP contribution is 2.13. The minimum Gasteiger partial charge on any atom is -0.326 e. The average Bonchev–Trinajstić information content (AvgIpc) is 2.49. The zero-order valence-corrected chi connectivity index (χ0v) is 9.69. The maximum atomic E-state index is 11.6. The third-order valence-electron chi connectivity index (χ3n) is 2.16. The molecule has 2 N–H and O–H groups in total. The van der Waals surface area contributed by atoms with Crippen molar-refractivity contribution in [1.82, 2.24) is 4.31 Å². The molecular weight excluding hydrogens is 224 g/mol. The fourth-order valence-corrected chi connectivity index (χ4v) is 2.89. The van der Waals surface area contributed by atoms with Crippen molar-refractivity contribution in [2.75, 3.05) is 18.8 Å². The Bertz CT molecular complexity index is 279. The Hall–Kier alpha value is -0.100. The summed E-state index contributed by atoms with van der Waals surface area (Å²) in [4.78, 5) is 0. The lowest BCUT2D eigenvalue weighted by Gasteiger charge is -2.14. The van der Waals surface area contributed by atoms with Crippen LogP contribution in [-0.2, 0) is 10.0 Å². The van der Waals surface area contributed by atoms with E-state index in [9.17, 15) is 8.42 Å². The van der Waals surface area contributed by atoms with Crippen molar-refractivity contribution >= 4 is 22.4 Å². The maximum Gasteiger partial charge on any atom is 0.214 e. The molecule has 0 radical (unpaired) electrons. The highest BCUT2D eigenvalue weighted by Gasteiger charge is 2.28. The van der Waals surface area contributed by atoms with Crippen molar-refractivity contribution in [1.29, 1.82) is 0 Å². The molecule has 14 heavy (non-hydrogen) atoms. The fourth-order valence-electron chi connectivity index (χ4n) is 1.37. The maximum absolute atomic E-state index is 11.6. The van der Waals surface area contributed by atoms with Crippen molar-refractivity contribution in [3.63, 3.8) is 0 Å². The second-order valence-electron chi connectivity index (χ2n) is 3.30. The summed E-state index contributed by atoms with van der Waals surface area (Å²) >= 11 is 0. The van der Waals surface area contributed by atoms with E-state index < -0.39 is 10.0 Å². The summed E-state index contributed by atoms with van der Waals surface area (Å²) in [6, 6.07) is 0.0125. The van der Waals surface area contributed by atoms with E-state index in [2.05, 4.69) is 6.58 Å². The predicted molar refractivity (Wildman–Crippen MR) is 60.0 cm³/mol. The van der Waals surface area contributed by atoms with E-state index in [4.69, 9.17) is 5.73 Å². The van der Waals surface area contributed by atoms with Gasteiger partial charge in [0.2, 0.25) is 10.0 Å².